The average Bonchev–Trinajstić information content (AvgIpc) is 2.64. The van der Waals surface area contributed by atoms with Crippen LogP contribution in [-0.2, 0) is 10.0 Å². The van der Waals surface area contributed by atoms with E-state index in [0.717, 1.165) is 35.7 Å². The molecule has 0 aliphatic heterocycles. The summed E-state index contributed by atoms with van der Waals surface area (Å²) in [6.07, 6.45) is 4.99. The van der Waals surface area contributed by atoms with Gasteiger partial charge in [0.05, 0.1) is 10.6 Å². The van der Waals surface area contributed by atoms with Crippen molar-refractivity contribution in [3.05, 3.63) is 57.7 Å². The van der Waals surface area contributed by atoms with Gasteiger partial charge in [0.2, 0.25) is 10.0 Å². The molecule has 1 aliphatic rings. The highest BCUT2D eigenvalue weighted by molar-refractivity contribution is 14.1. The number of hydrogen-bond donors (Lipinski definition) is 2. The van der Waals surface area contributed by atoms with Gasteiger partial charge in [0, 0.05) is 15.2 Å². The lowest BCUT2D eigenvalue weighted by Crippen LogP contribution is -2.36. The Morgan fingerprint density at radius 3 is 2.46 bits per heavy atom. The van der Waals surface area contributed by atoms with Crippen LogP contribution in [0.15, 0.2) is 53.4 Å². The van der Waals surface area contributed by atoms with Crippen LogP contribution < -0.4 is 10.0 Å². The van der Waals surface area contributed by atoms with Crippen LogP contribution in [0.3, 0.4) is 0 Å². The lowest BCUT2D eigenvalue weighted by molar-refractivity contribution is 0.102. The molecule has 0 heterocycles. The summed E-state index contributed by atoms with van der Waals surface area (Å²) in [5.74, 6) is -0.330. The SMILES string of the molecule is O=C(Nc1ccccc1I)c1cccc(S(=O)(=O)NC2CCCCC2)c1. The molecule has 1 fully saturated rings. The second kappa shape index (κ2) is 8.49. The summed E-state index contributed by atoms with van der Waals surface area (Å²) in [4.78, 5) is 12.6. The Bertz CT molecular complexity index is 893. The van der Waals surface area contributed by atoms with Crippen molar-refractivity contribution in [2.75, 3.05) is 5.32 Å². The van der Waals surface area contributed by atoms with E-state index in [1.54, 1.807) is 12.1 Å². The van der Waals surface area contributed by atoms with E-state index in [2.05, 4.69) is 32.6 Å². The minimum atomic E-state index is -3.63. The summed E-state index contributed by atoms with van der Waals surface area (Å²) in [5.41, 5.74) is 1.02. The van der Waals surface area contributed by atoms with E-state index in [-0.39, 0.29) is 16.8 Å². The zero-order valence-electron chi connectivity index (χ0n) is 14.2. The second-order valence-electron chi connectivity index (χ2n) is 6.42. The number of nitrogens with one attached hydrogen (secondary N) is 2. The van der Waals surface area contributed by atoms with Crippen LogP contribution in [0.4, 0.5) is 5.69 Å². The van der Waals surface area contributed by atoms with Crippen LogP contribution in [0.25, 0.3) is 0 Å². The fraction of sp³-hybridized carbons (Fsp3) is 0.316. The fourth-order valence-corrected chi connectivity index (χ4v) is 4.94. The van der Waals surface area contributed by atoms with Crippen molar-refractivity contribution >= 4 is 44.2 Å². The van der Waals surface area contributed by atoms with Gasteiger partial charge in [-0.2, -0.15) is 0 Å². The van der Waals surface area contributed by atoms with Gasteiger partial charge in [-0.05, 0) is 65.8 Å². The molecule has 0 bridgehead atoms. The third kappa shape index (κ3) is 4.83. The van der Waals surface area contributed by atoms with Gasteiger partial charge in [-0.15, -0.1) is 0 Å². The molecule has 0 spiro atoms. The Morgan fingerprint density at radius 1 is 1.00 bits per heavy atom. The van der Waals surface area contributed by atoms with Crippen molar-refractivity contribution in [2.24, 2.45) is 0 Å². The summed E-state index contributed by atoms with van der Waals surface area (Å²) >= 11 is 2.14. The smallest absolute Gasteiger partial charge is 0.255 e. The van der Waals surface area contributed by atoms with Crippen LogP contribution >= 0.6 is 22.6 Å². The molecule has 5 nitrogen and oxygen atoms in total. The summed E-state index contributed by atoms with van der Waals surface area (Å²) in [5, 5.41) is 2.82. The minimum Gasteiger partial charge on any atom is -0.321 e. The van der Waals surface area contributed by atoms with Crippen molar-refractivity contribution in [3.8, 4) is 0 Å². The summed E-state index contributed by atoms with van der Waals surface area (Å²) < 4.78 is 29.0. The third-order valence-electron chi connectivity index (χ3n) is 4.46. The molecule has 0 radical (unpaired) electrons. The maximum absolute atomic E-state index is 12.6. The van der Waals surface area contributed by atoms with Crippen LogP contribution in [0.2, 0.25) is 0 Å². The Morgan fingerprint density at radius 2 is 1.73 bits per heavy atom. The number of carbonyl (C=O) groups excluding carboxylic acids is 1. The minimum absolute atomic E-state index is 0.0165. The molecule has 1 amide bonds. The molecule has 0 atom stereocenters. The lowest BCUT2D eigenvalue weighted by atomic mass is 9.96. The predicted molar refractivity (Wildman–Crippen MR) is 111 cm³/mol. The number of carbonyl (C=O) groups is 1. The molecule has 2 N–H and O–H groups in total. The molecule has 0 aromatic heterocycles. The van der Waals surface area contributed by atoms with Crippen molar-refractivity contribution < 1.29 is 13.2 Å². The first-order valence-corrected chi connectivity index (χ1v) is 11.2. The maximum Gasteiger partial charge on any atom is 0.255 e. The first-order chi connectivity index (χ1) is 12.5. The number of rotatable bonds is 5. The van der Waals surface area contributed by atoms with Crippen molar-refractivity contribution in [2.45, 2.75) is 43.0 Å². The van der Waals surface area contributed by atoms with Crippen LogP contribution in [0.1, 0.15) is 42.5 Å². The molecule has 7 heteroatoms. The van der Waals surface area contributed by atoms with Gasteiger partial charge in [0.1, 0.15) is 0 Å². The number of amides is 1. The van der Waals surface area contributed by atoms with Crippen molar-refractivity contribution in [1.29, 1.82) is 0 Å². The monoisotopic (exact) mass is 484 g/mol. The summed E-state index contributed by atoms with van der Waals surface area (Å²) in [6, 6.07) is 13.6. The van der Waals surface area contributed by atoms with Crippen molar-refractivity contribution in [1.82, 2.24) is 4.72 Å². The van der Waals surface area contributed by atoms with Crippen LogP contribution in [0, 0.1) is 3.57 Å². The first-order valence-electron chi connectivity index (χ1n) is 8.64. The first kappa shape index (κ1) is 19.3. The molecule has 2 aromatic rings. The number of hydrogen-bond acceptors (Lipinski definition) is 3. The average molecular weight is 484 g/mol. The highest BCUT2D eigenvalue weighted by atomic mass is 127. The van der Waals surface area contributed by atoms with E-state index >= 15 is 0 Å². The quantitative estimate of drug-likeness (QED) is 0.627. The van der Waals surface area contributed by atoms with Gasteiger partial charge in [-0.25, -0.2) is 13.1 Å². The Hall–Kier alpha value is -1.45. The molecule has 26 heavy (non-hydrogen) atoms. The summed E-state index contributed by atoms with van der Waals surface area (Å²) in [6.45, 7) is 0. The topological polar surface area (TPSA) is 75.3 Å². The molecular weight excluding hydrogens is 463 g/mol. The van der Waals surface area contributed by atoms with Gasteiger partial charge in [-0.3, -0.25) is 4.79 Å². The van der Waals surface area contributed by atoms with E-state index in [1.165, 1.54) is 12.1 Å². The number of halogens is 1. The highest BCUT2D eigenvalue weighted by Crippen LogP contribution is 2.21. The second-order valence-corrected chi connectivity index (χ2v) is 9.29. The largest absolute Gasteiger partial charge is 0.321 e. The number of anilines is 1. The van der Waals surface area contributed by atoms with Gasteiger partial charge in [0.15, 0.2) is 0 Å². The lowest BCUT2D eigenvalue weighted by Gasteiger charge is -2.22. The van der Waals surface area contributed by atoms with E-state index in [1.807, 2.05) is 24.3 Å². The Kier molecular flexibility index (Phi) is 6.31. The molecule has 2 aromatic carbocycles. The van der Waals surface area contributed by atoms with Crippen LogP contribution in [-0.4, -0.2) is 20.4 Å². The van der Waals surface area contributed by atoms with Crippen molar-refractivity contribution in [3.63, 3.8) is 0 Å². The molecular formula is C19H21IN2O3S. The number of benzene rings is 2. The predicted octanol–water partition coefficient (Wildman–Crippen LogP) is 4.15. The number of sulfonamides is 1. The fourth-order valence-electron chi connectivity index (χ4n) is 3.07. The molecule has 1 saturated carbocycles. The normalized spacial score (nSPS) is 15.6. The van der Waals surface area contributed by atoms with Gasteiger partial charge >= 0.3 is 0 Å². The van der Waals surface area contributed by atoms with Gasteiger partial charge in [-0.1, -0.05) is 37.5 Å². The molecule has 3 rings (SSSR count). The van der Waals surface area contributed by atoms with E-state index < -0.39 is 10.0 Å². The highest BCUT2D eigenvalue weighted by Gasteiger charge is 2.22. The molecule has 0 unspecified atom stereocenters. The Labute approximate surface area is 167 Å². The maximum atomic E-state index is 12.6. The zero-order chi connectivity index (χ0) is 18.6. The van der Waals surface area contributed by atoms with E-state index in [9.17, 15) is 13.2 Å². The molecule has 138 valence electrons. The van der Waals surface area contributed by atoms with E-state index in [0.29, 0.717) is 11.3 Å². The summed E-state index contributed by atoms with van der Waals surface area (Å²) in [7, 11) is -3.63. The standard InChI is InChI=1S/C19H21IN2O3S/c20-17-11-4-5-12-18(17)21-19(23)14-7-6-10-16(13-14)26(24,25)22-15-8-2-1-3-9-15/h4-7,10-13,15,22H,1-3,8-9H2,(H,21,23). The van der Waals surface area contributed by atoms with Gasteiger partial charge in [0.25, 0.3) is 5.91 Å². The van der Waals surface area contributed by atoms with E-state index in [4.69, 9.17) is 0 Å². The van der Waals surface area contributed by atoms with Gasteiger partial charge < -0.3 is 5.32 Å². The third-order valence-corrected chi connectivity index (χ3v) is 6.91. The number of para-hydroxylation sites is 1. The Balaban J connectivity index is 1.76. The zero-order valence-corrected chi connectivity index (χ0v) is 17.2. The molecule has 0 saturated heterocycles. The van der Waals surface area contributed by atoms with Crippen LogP contribution in [0.5, 0.6) is 0 Å². The molecule has 1 aliphatic carbocycles.